The Bertz CT molecular complexity index is 465. The predicted octanol–water partition coefficient (Wildman–Crippen LogP) is 1.83. The van der Waals surface area contributed by atoms with Gasteiger partial charge in [-0.05, 0) is 76.8 Å². The van der Waals surface area contributed by atoms with Crippen LogP contribution in [0.2, 0.25) is 0 Å². The SMILES string of the molecule is O=C(NC1(C2CCCC(O)C2)CC1)C1(N2CCCC2)CCOCC1. The van der Waals surface area contributed by atoms with E-state index in [0.29, 0.717) is 19.1 Å². The lowest BCUT2D eigenvalue weighted by Gasteiger charge is -2.45. The number of ether oxygens (including phenoxy) is 1. The van der Waals surface area contributed by atoms with E-state index < -0.39 is 0 Å². The molecule has 24 heavy (non-hydrogen) atoms. The normalized spacial score (nSPS) is 35.5. The first-order valence-electron chi connectivity index (χ1n) is 9.98. The Morgan fingerprint density at radius 3 is 2.38 bits per heavy atom. The fourth-order valence-corrected chi connectivity index (χ4v) is 5.32. The molecule has 4 aliphatic rings. The average Bonchev–Trinajstić information content (AvgIpc) is 3.17. The first-order valence-corrected chi connectivity index (χ1v) is 9.98. The number of rotatable bonds is 4. The van der Waals surface area contributed by atoms with Gasteiger partial charge in [0.1, 0.15) is 5.54 Å². The Balaban J connectivity index is 1.48. The minimum atomic E-state index is -0.350. The Morgan fingerprint density at radius 2 is 1.75 bits per heavy atom. The van der Waals surface area contributed by atoms with Crippen LogP contribution >= 0.6 is 0 Å². The second-order valence-corrected chi connectivity index (χ2v) is 8.47. The Hall–Kier alpha value is -0.650. The molecule has 2 N–H and O–H groups in total. The Kier molecular flexibility index (Phi) is 4.61. The number of nitrogens with zero attached hydrogens (tertiary/aromatic N) is 1. The van der Waals surface area contributed by atoms with E-state index >= 15 is 0 Å². The summed E-state index contributed by atoms with van der Waals surface area (Å²) in [7, 11) is 0. The molecule has 5 heteroatoms. The molecule has 2 unspecified atom stereocenters. The molecule has 0 aromatic heterocycles. The van der Waals surface area contributed by atoms with Crippen LogP contribution in [0.15, 0.2) is 0 Å². The molecule has 5 nitrogen and oxygen atoms in total. The summed E-state index contributed by atoms with van der Waals surface area (Å²) in [5, 5.41) is 13.5. The summed E-state index contributed by atoms with van der Waals surface area (Å²) in [6, 6.07) is 0. The largest absolute Gasteiger partial charge is 0.393 e. The van der Waals surface area contributed by atoms with Crippen molar-refractivity contribution in [1.82, 2.24) is 10.2 Å². The molecule has 0 aromatic carbocycles. The molecule has 2 saturated heterocycles. The highest BCUT2D eigenvalue weighted by Gasteiger charge is 2.55. The minimum Gasteiger partial charge on any atom is -0.393 e. The number of likely N-dealkylation sites (tertiary alicyclic amines) is 1. The summed E-state index contributed by atoms with van der Waals surface area (Å²) in [6.45, 7) is 3.48. The zero-order valence-corrected chi connectivity index (χ0v) is 14.8. The van der Waals surface area contributed by atoms with Gasteiger partial charge < -0.3 is 15.2 Å². The van der Waals surface area contributed by atoms with Crippen LogP contribution in [0.3, 0.4) is 0 Å². The van der Waals surface area contributed by atoms with Crippen molar-refractivity contribution in [3.05, 3.63) is 0 Å². The summed E-state index contributed by atoms with van der Waals surface area (Å²) < 4.78 is 5.57. The van der Waals surface area contributed by atoms with E-state index in [0.717, 1.165) is 64.5 Å². The van der Waals surface area contributed by atoms with E-state index in [1.807, 2.05) is 0 Å². The third kappa shape index (κ3) is 2.99. The number of aliphatic hydroxyl groups excluding tert-OH is 1. The Labute approximate surface area is 145 Å². The van der Waals surface area contributed by atoms with Crippen molar-refractivity contribution in [3.8, 4) is 0 Å². The van der Waals surface area contributed by atoms with Crippen LogP contribution in [0.1, 0.15) is 64.2 Å². The van der Waals surface area contributed by atoms with Gasteiger partial charge in [0.25, 0.3) is 0 Å². The van der Waals surface area contributed by atoms with Gasteiger partial charge >= 0.3 is 0 Å². The van der Waals surface area contributed by atoms with Crippen molar-refractivity contribution in [1.29, 1.82) is 0 Å². The van der Waals surface area contributed by atoms with Crippen LogP contribution < -0.4 is 5.32 Å². The third-order valence-electron chi connectivity index (χ3n) is 7.03. The van der Waals surface area contributed by atoms with Gasteiger partial charge in [-0.3, -0.25) is 9.69 Å². The zero-order valence-electron chi connectivity index (χ0n) is 14.8. The van der Waals surface area contributed by atoms with Gasteiger partial charge in [-0.1, -0.05) is 6.42 Å². The highest BCUT2D eigenvalue weighted by Crippen LogP contribution is 2.49. The van der Waals surface area contributed by atoms with Crippen molar-refractivity contribution >= 4 is 5.91 Å². The molecule has 1 amide bonds. The van der Waals surface area contributed by atoms with E-state index in [-0.39, 0.29) is 23.1 Å². The van der Waals surface area contributed by atoms with Gasteiger partial charge in [-0.25, -0.2) is 0 Å². The number of carbonyl (C=O) groups is 1. The molecule has 2 atom stereocenters. The molecule has 2 heterocycles. The van der Waals surface area contributed by atoms with Crippen LogP contribution in [0.5, 0.6) is 0 Å². The fourth-order valence-electron chi connectivity index (χ4n) is 5.32. The number of carbonyl (C=O) groups excluding carboxylic acids is 1. The van der Waals surface area contributed by atoms with Gasteiger partial charge in [0.05, 0.1) is 6.10 Å². The zero-order chi connectivity index (χ0) is 16.6. The molecule has 136 valence electrons. The van der Waals surface area contributed by atoms with Gasteiger partial charge in [0.2, 0.25) is 5.91 Å². The van der Waals surface area contributed by atoms with E-state index in [9.17, 15) is 9.90 Å². The van der Waals surface area contributed by atoms with E-state index in [1.165, 1.54) is 12.8 Å². The number of nitrogens with one attached hydrogen (secondary N) is 1. The molecule has 4 rings (SSSR count). The average molecular weight is 336 g/mol. The summed E-state index contributed by atoms with van der Waals surface area (Å²) in [5.74, 6) is 0.700. The van der Waals surface area contributed by atoms with Crippen molar-refractivity contribution in [2.45, 2.75) is 81.4 Å². The van der Waals surface area contributed by atoms with Gasteiger partial charge in [0, 0.05) is 18.8 Å². The van der Waals surface area contributed by atoms with Crippen molar-refractivity contribution in [3.63, 3.8) is 0 Å². The lowest BCUT2D eigenvalue weighted by atomic mass is 9.79. The summed E-state index contributed by atoms with van der Waals surface area (Å²) >= 11 is 0. The van der Waals surface area contributed by atoms with Gasteiger partial charge in [0.15, 0.2) is 0 Å². The molecule has 2 aliphatic carbocycles. The first kappa shape index (κ1) is 16.8. The molecule has 0 aromatic rings. The topological polar surface area (TPSA) is 61.8 Å². The van der Waals surface area contributed by atoms with Crippen molar-refractivity contribution in [2.75, 3.05) is 26.3 Å². The lowest BCUT2D eigenvalue weighted by Crippen LogP contribution is -2.63. The molecule has 0 radical (unpaired) electrons. The Morgan fingerprint density at radius 1 is 1.04 bits per heavy atom. The maximum Gasteiger partial charge on any atom is 0.241 e. The van der Waals surface area contributed by atoms with Crippen LogP contribution in [0, 0.1) is 5.92 Å². The number of amides is 1. The summed E-state index contributed by atoms with van der Waals surface area (Å²) in [5.41, 5.74) is -0.374. The number of aliphatic hydroxyl groups is 1. The van der Waals surface area contributed by atoms with E-state index in [4.69, 9.17) is 4.74 Å². The molecule has 0 spiro atoms. The summed E-state index contributed by atoms with van der Waals surface area (Å²) in [4.78, 5) is 15.8. The first-order chi connectivity index (χ1) is 11.6. The molecular weight excluding hydrogens is 304 g/mol. The highest BCUT2D eigenvalue weighted by molar-refractivity contribution is 5.87. The standard InChI is InChI=1S/C19H32N2O3/c22-16-5-3-4-15(14-16)18(6-7-18)20-17(23)19(8-12-24-13-9-19)21-10-1-2-11-21/h15-16,22H,1-14H2,(H,20,23). The monoisotopic (exact) mass is 336 g/mol. The maximum atomic E-state index is 13.4. The van der Waals surface area contributed by atoms with Crippen LogP contribution in [-0.4, -0.2) is 59.4 Å². The van der Waals surface area contributed by atoms with E-state index in [2.05, 4.69) is 10.2 Å². The van der Waals surface area contributed by atoms with Gasteiger partial charge in [-0.15, -0.1) is 0 Å². The van der Waals surface area contributed by atoms with E-state index in [1.54, 1.807) is 0 Å². The predicted molar refractivity (Wildman–Crippen MR) is 91.7 cm³/mol. The maximum absolute atomic E-state index is 13.4. The lowest BCUT2D eigenvalue weighted by molar-refractivity contribution is -0.141. The van der Waals surface area contributed by atoms with Crippen molar-refractivity contribution < 1.29 is 14.6 Å². The van der Waals surface area contributed by atoms with Crippen molar-refractivity contribution in [2.24, 2.45) is 5.92 Å². The second-order valence-electron chi connectivity index (χ2n) is 8.47. The molecule has 2 aliphatic heterocycles. The quantitative estimate of drug-likeness (QED) is 0.822. The second kappa shape index (κ2) is 6.58. The minimum absolute atomic E-state index is 0.0243. The summed E-state index contributed by atoms with van der Waals surface area (Å²) in [6.07, 6.45) is 10.1. The molecular formula is C19H32N2O3. The van der Waals surface area contributed by atoms with Crippen LogP contribution in [0.4, 0.5) is 0 Å². The third-order valence-corrected chi connectivity index (χ3v) is 7.03. The van der Waals surface area contributed by atoms with Gasteiger partial charge in [-0.2, -0.15) is 0 Å². The molecule has 0 bridgehead atoms. The molecule has 4 fully saturated rings. The number of hydrogen-bond acceptors (Lipinski definition) is 4. The molecule has 2 saturated carbocycles. The van der Waals surface area contributed by atoms with Crippen LogP contribution in [-0.2, 0) is 9.53 Å². The highest BCUT2D eigenvalue weighted by atomic mass is 16.5. The number of hydrogen-bond donors (Lipinski definition) is 2. The smallest absolute Gasteiger partial charge is 0.241 e. The fraction of sp³-hybridized carbons (Fsp3) is 0.947. The van der Waals surface area contributed by atoms with Crippen LogP contribution in [0.25, 0.3) is 0 Å².